The second-order valence-electron chi connectivity index (χ2n) is 5.94. The fourth-order valence-electron chi connectivity index (χ4n) is 2.42. The molecule has 0 aliphatic rings. The van der Waals surface area contributed by atoms with Gasteiger partial charge in [0.15, 0.2) is 5.69 Å². The molecule has 1 aromatic carbocycles. The summed E-state index contributed by atoms with van der Waals surface area (Å²) in [6, 6.07) is 5.17. The minimum Gasteiger partial charge on any atom is -0.595 e. The maximum atomic E-state index is 11.4. The Labute approximate surface area is 153 Å². The van der Waals surface area contributed by atoms with Crippen LogP contribution < -0.4 is 10.5 Å². The summed E-state index contributed by atoms with van der Waals surface area (Å²) in [7, 11) is 3.43. The zero-order valence-electron chi connectivity index (χ0n) is 13.9. The summed E-state index contributed by atoms with van der Waals surface area (Å²) in [5.74, 6) is 0. The Kier molecular flexibility index (Phi) is 8.87. The van der Waals surface area contributed by atoms with Gasteiger partial charge in [0, 0.05) is 25.2 Å². The van der Waals surface area contributed by atoms with Crippen LogP contribution in [-0.4, -0.2) is 47.2 Å². The van der Waals surface area contributed by atoms with Crippen molar-refractivity contribution in [2.45, 2.75) is 13.3 Å². The molecule has 4 N–H and O–H groups in total. The third-order valence-corrected chi connectivity index (χ3v) is 3.52. The minimum absolute atomic E-state index is 0. The van der Waals surface area contributed by atoms with E-state index in [0.29, 0.717) is 24.0 Å². The molecular weight excluding hydrogens is 355 g/mol. The van der Waals surface area contributed by atoms with Crippen LogP contribution in [0.1, 0.15) is 12.0 Å². The van der Waals surface area contributed by atoms with E-state index in [9.17, 15) is 15.6 Å². The molecule has 0 aliphatic carbocycles. The Morgan fingerprint density at radius 3 is 2.50 bits per heavy atom. The number of benzene rings is 1. The van der Waals surface area contributed by atoms with E-state index in [0.717, 1.165) is 17.7 Å². The number of rotatable bonds is 6. The average Bonchev–Trinajstić information content (AvgIpc) is 2.43. The van der Waals surface area contributed by atoms with Gasteiger partial charge in [-0.15, -0.1) is 24.8 Å². The molecule has 0 aliphatic heterocycles. The number of aromatic nitrogens is 1. The van der Waals surface area contributed by atoms with Crippen LogP contribution in [0.5, 0.6) is 0 Å². The van der Waals surface area contributed by atoms with E-state index in [4.69, 9.17) is 0 Å². The second-order valence-corrected chi connectivity index (χ2v) is 5.94. The van der Waals surface area contributed by atoms with Gasteiger partial charge in [0.05, 0.1) is 30.7 Å². The number of hydrogen-bond donors (Lipinski definition) is 4. The zero-order valence-corrected chi connectivity index (χ0v) is 15.6. The van der Waals surface area contributed by atoms with Crippen LogP contribution in [0.25, 0.3) is 10.9 Å². The van der Waals surface area contributed by atoms with E-state index in [1.165, 1.54) is 0 Å². The smallest absolute Gasteiger partial charge is 0.175 e. The number of halogens is 2. The highest BCUT2D eigenvalue weighted by molar-refractivity contribution is 5.99. The molecule has 7 nitrogen and oxygen atoms in total. The van der Waals surface area contributed by atoms with Gasteiger partial charge in [-0.05, 0) is 18.6 Å². The quantitative estimate of drug-likeness (QED) is 0.350. The lowest BCUT2D eigenvalue weighted by Gasteiger charge is -2.20. The van der Waals surface area contributed by atoms with Gasteiger partial charge in [0.25, 0.3) is 0 Å². The molecule has 0 fully saturated rings. The van der Waals surface area contributed by atoms with Crippen LogP contribution in [0.4, 0.5) is 11.4 Å². The van der Waals surface area contributed by atoms with E-state index < -0.39 is 5.23 Å². The van der Waals surface area contributed by atoms with Crippen molar-refractivity contribution in [3.8, 4) is 0 Å². The molecule has 1 unspecified atom stereocenters. The first-order valence-electron chi connectivity index (χ1n) is 7.21. The molecular formula is C15H25Cl2N4O3+. The highest BCUT2D eigenvalue weighted by Gasteiger charge is 2.15. The number of hydrogen-bond acceptors (Lipinski definition) is 5. The molecule has 0 amide bonds. The molecule has 1 aromatic heterocycles. The molecule has 0 saturated carbocycles. The summed E-state index contributed by atoms with van der Waals surface area (Å²) in [5, 5.41) is 33.4. The lowest BCUT2D eigenvalue weighted by atomic mass is 10.1. The van der Waals surface area contributed by atoms with Crippen LogP contribution in [-0.2, 0) is 0 Å². The van der Waals surface area contributed by atoms with Gasteiger partial charge in [-0.2, -0.15) is 9.87 Å². The number of fused-ring (bicyclic) bond motifs is 1. The maximum Gasteiger partial charge on any atom is 0.175 e. The van der Waals surface area contributed by atoms with Crippen LogP contribution in [0.3, 0.4) is 0 Å². The summed E-state index contributed by atoms with van der Waals surface area (Å²) in [6.07, 6.45) is 2.44. The van der Waals surface area contributed by atoms with Crippen molar-refractivity contribution < 1.29 is 20.3 Å². The molecule has 0 radical (unpaired) electrons. The third-order valence-electron chi connectivity index (χ3n) is 3.52. The van der Waals surface area contributed by atoms with Crippen LogP contribution >= 0.6 is 24.8 Å². The Morgan fingerprint density at radius 2 is 1.92 bits per heavy atom. The van der Waals surface area contributed by atoms with Gasteiger partial charge in [-0.1, -0.05) is 6.07 Å². The number of hydroxylamine groups is 3. The SMILES string of the molecule is Cc1ccc([NH+]([O-])O)c2c(NCCC[N+](C)(C)O)ccnc12.Cl.Cl. The largest absolute Gasteiger partial charge is 0.595 e. The zero-order chi connectivity index (χ0) is 16.3. The maximum absolute atomic E-state index is 11.4. The lowest BCUT2D eigenvalue weighted by Crippen LogP contribution is -2.99. The molecule has 0 bridgehead atoms. The van der Waals surface area contributed by atoms with E-state index in [1.54, 1.807) is 38.5 Å². The van der Waals surface area contributed by atoms with Gasteiger partial charge in [-0.25, -0.2) is 10.4 Å². The summed E-state index contributed by atoms with van der Waals surface area (Å²) in [6.45, 7) is 3.17. The Balaban J connectivity index is 0.00000264. The van der Waals surface area contributed by atoms with Crippen molar-refractivity contribution in [1.82, 2.24) is 4.98 Å². The van der Waals surface area contributed by atoms with Crippen molar-refractivity contribution in [3.05, 3.63) is 35.2 Å². The summed E-state index contributed by atoms with van der Waals surface area (Å²) >= 11 is 0. The first-order valence-corrected chi connectivity index (χ1v) is 7.21. The number of nitrogens with zero attached hydrogens (tertiary/aromatic N) is 2. The normalized spacial score (nSPS) is 12.2. The van der Waals surface area contributed by atoms with Gasteiger partial charge in [0.1, 0.15) is 6.54 Å². The number of quaternary nitrogens is 2. The Hall–Kier alpha value is -1.19. The van der Waals surface area contributed by atoms with E-state index >= 15 is 0 Å². The molecule has 9 heteroatoms. The fourth-order valence-corrected chi connectivity index (χ4v) is 2.42. The summed E-state index contributed by atoms with van der Waals surface area (Å²) in [5.41, 5.74) is 2.64. The average molecular weight is 380 g/mol. The molecule has 0 saturated heterocycles. The van der Waals surface area contributed by atoms with Crippen LogP contribution in [0, 0.1) is 12.1 Å². The Morgan fingerprint density at radius 1 is 1.25 bits per heavy atom. The van der Waals surface area contributed by atoms with Crippen molar-refractivity contribution in [2.75, 3.05) is 32.5 Å². The van der Waals surface area contributed by atoms with E-state index in [2.05, 4.69) is 10.3 Å². The van der Waals surface area contributed by atoms with Crippen molar-refractivity contribution in [2.24, 2.45) is 0 Å². The number of pyridine rings is 1. The number of aryl methyl sites for hydroxylation is 1. The number of nitrogens with one attached hydrogen (secondary N) is 2. The highest BCUT2D eigenvalue weighted by atomic mass is 35.5. The molecule has 2 rings (SSSR count). The van der Waals surface area contributed by atoms with E-state index in [-0.39, 0.29) is 35.1 Å². The molecule has 1 heterocycles. The van der Waals surface area contributed by atoms with Crippen molar-refractivity contribution in [1.29, 1.82) is 0 Å². The molecule has 1 atom stereocenters. The van der Waals surface area contributed by atoms with Crippen molar-refractivity contribution in [3.63, 3.8) is 0 Å². The van der Waals surface area contributed by atoms with Crippen LogP contribution in [0.2, 0.25) is 0 Å². The first kappa shape index (κ1) is 22.8. The predicted octanol–water partition coefficient (Wildman–Crippen LogP) is 2.06. The monoisotopic (exact) mass is 379 g/mol. The van der Waals surface area contributed by atoms with Gasteiger partial charge in [-0.3, -0.25) is 4.98 Å². The molecule has 0 spiro atoms. The topological polar surface area (TPSA) is 92.9 Å². The van der Waals surface area contributed by atoms with Gasteiger partial charge in [0.2, 0.25) is 0 Å². The molecule has 136 valence electrons. The third kappa shape index (κ3) is 5.71. The minimum atomic E-state index is -0.964. The predicted molar refractivity (Wildman–Crippen MR) is 98.6 cm³/mol. The lowest BCUT2D eigenvalue weighted by molar-refractivity contribution is -1.07. The van der Waals surface area contributed by atoms with Gasteiger partial charge >= 0.3 is 0 Å². The molecule has 2 aromatic rings. The fraction of sp³-hybridized carbons (Fsp3) is 0.400. The summed E-state index contributed by atoms with van der Waals surface area (Å²) < 4.78 is -0.0851. The highest BCUT2D eigenvalue weighted by Crippen LogP contribution is 2.29. The van der Waals surface area contributed by atoms with E-state index in [1.807, 2.05) is 6.92 Å². The van der Waals surface area contributed by atoms with Crippen molar-refractivity contribution >= 4 is 47.1 Å². The second kappa shape index (κ2) is 9.33. The first-order chi connectivity index (χ1) is 10.3. The molecule has 24 heavy (non-hydrogen) atoms. The number of anilines is 1. The summed E-state index contributed by atoms with van der Waals surface area (Å²) in [4.78, 5) is 4.31. The van der Waals surface area contributed by atoms with Crippen LogP contribution in [0.15, 0.2) is 24.4 Å². The van der Waals surface area contributed by atoms with Gasteiger partial charge < -0.3 is 10.5 Å². The Bertz CT molecular complexity index is 663. The standard InChI is InChI=1S/C15H23N4O3.2ClH/c1-11-5-6-13(18(20)21)14-12(7-9-17-15(11)14)16-8-4-10-19(2,3)22;;/h5-7,9,18,20,22H,4,8,10H2,1-3H3,(H,16,17);2*1H/q+1;;.